The van der Waals surface area contributed by atoms with Crippen LogP contribution in [0, 0.1) is 11.7 Å². The highest BCUT2D eigenvalue weighted by atomic mass is 79.9. The van der Waals surface area contributed by atoms with Gasteiger partial charge in [0.05, 0.1) is 4.47 Å². The van der Waals surface area contributed by atoms with Gasteiger partial charge in [0.1, 0.15) is 11.6 Å². The molecule has 0 bridgehead atoms. The van der Waals surface area contributed by atoms with Crippen LogP contribution in [-0.4, -0.2) is 5.78 Å². The smallest absolute Gasteiger partial charge is 0.140 e. The van der Waals surface area contributed by atoms with Gasteiger partial charge in [-0.25, -0.2) is 4.39 Å². The highest BCUT2D eigenvalue weighted by Crippen LogP contribution is 2.27. The van der Waals surface area contributed by atoms with Gasteiger partial charge in [0.2, 0.25) is 0 Å². The second-order valence-electron chi connectivity index (χ2n) is 4.69. The van der Waals surface area contributed by atoms with E-state index >= 15 is 0 Å². The largest absolute Gasteiger partial charge is 0.299 e. The van der Waals surface area contributed by atoms with Crippen LogP contribution in [0.5, 0.6) is 0 Å². The maximum Gasteiger partial charge on any atom is 0.140 e. The van der Waals surface area contributed by atoms with Crippen molar-refractivity contribution in [2.24, 2.45) is 5.92 Å². The van der Waals surface area contributed by atoms with Gasteiger partial charge in [0, 0.05) is 12.3 Å². The van der Waals surface area contributed by atoms with Crippen molar-refractivity contribution >= 4 is 21.7 Å². The molecule has 3 heteroatoms. The number of rotatable bonds is 3. The molecule has 1 aliphatic carbocycles. The Morgan fingerprint density at radius 3 is 2.71 bits per heavy atom. The Balaban J connectivity index is 2.04. The SMILES string of the molecule is O=C(Cc1cccc(F)c1Br)C1CCCCC1. The van der Waals surface area contributed by atoms with E-state index in [9.17, 15) is 9.18 Å². The molecule has 0 N–H and O–H groups in total. The van der Waals surface area contributed by atoms with Gasteiger partial charge in [-0.2, -0.15) is 0 Å². The minimum Gasteiger partial charge on any atom is -0.299 e. The summed E-state index contributed by atoms with van der Waals surface area (Å²) in [6.07, 6.45) is 5.91. The predicted octanol–water partition coefficient (Wildman–Crippen LogP) is 4.28. The van der Waals surface area contributed by atoms with Crippen LogP contribution >= 0.6 is 15.9 Å². The van der Waals surface area contributed by atoms with Gasteiger partial charge in [-0.1, -0.05) is 31.4 Å². The van der Waals surface area contributed by atoms with Gasteiger partial charge in [-0.05, 0) is 40.4 Å². The van der Waals surface area contributed by atoms with E-state index in [2.05, 4.69) is 15.9 Å². The lowest BCUT2D eigenvalue weighted by Crippen LogP contribution is -2.19. The van der Waals surface area contributed by atoms with Crippen molar-refractivity contribution in [3.8, 4) is 0 Å². The van der Waals surface area contributed by atoms with Gasteiger partial charge in [-0.15, -0.1) is 0 Å². The summed E-state index contributed by atoms with van der Waals surface area (Å²) in [5, 5.41) is 0. The molecule has 0 spiro atoms. The van der Waals surface area contributed by atoms with Crippen LogP contribution in [-0.2, 0) is 11.2 Å². The fraction of sp³-hybridized carbons (Fsp3) is 0.500. The fourth-order valence-corrected chi connectivity index (χ4v) is 2.85. The van der Waals surface area contributed by atoms with Crippen molar-refractivity contribution in [1.82, 2.24) is 0 Å². The zero-order chi connectivity index (χ0) is 12.3. The molecule has 0 unspecified atom stereocenters. The third-order valence-corrected chi connectivity index (χ3v) is 4.34. The van der Waals surface area contributed by atoms with Gasteiger partial charge < -0.3 is 0 Å². The molecule has 0 atom stereocenters. The summed E-state index contributed by atoms with van der Waals surface area (Å²) < 4.78 is 13.7. The van der Waals surface area contributed by atoms with Crippen molar-refractivity contribution in [2.45, 2.75) is 38.5 Å². The van der Waals surface area contributed by atoms with E-state index in [1.807, 2.05) is 6.07 Å². The van der Waals surface area contributed by atoms with E-state index in [4.69, 9.17) is 0 Å². The Bertz CT molecular complexity index is 411. The highest BCUT2D eigenvalue weighted by molar-refractivity contribution is 9.10. The van der Waals surface area contributed by atoms with Gasteiger partial charge in [0.25, 0.3) is 0 Å². The van der Waals surface area contributed by atoms with E-state index in [0.29, 0.717) is 10.9 Å². The lowest BCUT2D eigenvalue weighted by Gasteiger charge is -2.20. The predicted molar refractivity (Wildman–Crippen MR) is 69.4 cm³/mol. The molecular formula is C14H16BrFO. The monoisotopic (exact) mass is 298 g/mol. The molecule has 0 radical (unpaired) electrons. The molecule has 0 amide bonds. The number of ketones is 1. The minimum atomic E-state index is -0.293. The Hall–Kier alpha value is -0.700. The first-order chi connectivity index (χ1) is 8.18. The number of hydrogen-bond acceptors (Lipinski definition) is 1. The van der Waals surface area contributed by atoms with E-state index in [1.165, 1.54) is 12.5 Å². The molecule has 1 aliphatic rings. The molecule has 1 saturated carbocycles. The second kappa shape index (κ2) is 5.76. The average molecular weight is 299 g/mol. The molecule has 1 fully saturated rings. The Morgan fingerprint density at radius 2 is 2.00 bits per heavy atom. The summed E-state index contributed by atoms with van der Waals surface area (Å²) in [7, 11) is 0. The molecule has 1 aromatic carbocycles. The number of Topliss-reactive ketones (excluding diaryl/α,β-unsaturated/α-hetero) is 1. The van der Waals surface area contributed by atoms with Gasteiger partial charge in [0.15, 0.2) is 0 Å². The van der Waals surface area contributed by atoms with E-state index in [0.717, 1.165) is 31.2 Å². The van der Waals surface area contributed by atoms with Crippen LogP contribution in [0.15, 0.2) is 22.7 Å². The van der Waals surface area contributed by atoms with Gasteiger partial charge >= 0.3 is 0 Å². The van der Waals surface area contributed by atoms with Crippen LogP contribution in [0.1, 0.15) is 37.7 Å². The van der Waals surface area contributed by atoms with Gasteiger partial charge in [-0.3, -0.25) is 4.79 Å². The van der Waals surface area contributed by atoms with Crippen LogP contribution in [0.25, 0.3) is 0 Å². The third-order valence-electron chi connectivity index (χ3n) is 3.46. The maximum absolute atomic E-state index is 13.3. The quantitative estimate of drug-likeness (QED) is 0.814. The first-order valence-corrected chi connectivity index (χ1v) is 6.93. The molecule has 1 aromatic rings. The van der Waals surface area contributed by atoms with Crippen molar-refractivity contribution < 1.29 is 9.18 Å². The molecule has 17 heavy (non-hydrogen) atoms. The first kappa shape index (κ1) is 12.7. The third kappa shape index (κ3) is 3.15. The topological polar surface area (TPSA) is 17.1 Å². The van der Waals surface area contributed by atoms with Crippen LogP contribution < -0.4 is 0 Å². The van der Waals surface area contributed by atoms with Crippen molar-refractivity contribution in [3.63, 3.8) is 0 Å². The Labute approximate surface area is 110 Å². The molecule has 0 saturated heterocycles. The molecule has 0 aliphatic heterocycles. The first-order valence-electron chi connectivity index (χ1n) is 6.14. The molecule has 0 aromatic heterocycles. The summed E-state index contributed by atoms with van der Waals surface area (Å²) in [5.74, 6) is 0.161. The zero-order valence-corrected chi connectivity index (χ0v) is 11.3. The molecule has 2 rings (SSSR count). The average Bonchev–Trinajstić information content (AvgIpc) is 2.36. The van der Waals surface area contributed by atoms with Crippen LogP contribution in [0.2, 0.25) is 0 Å². The minimum absolute atomic E-state index is 0.193. The van der Waals surface area contributed by atoms with E-state index in [-0.39, 0.29) is 17.5 Å². The number of carbonyl (C=O) groups is 1. The van der Waals surface area contributed by atoms with Crippen LogP contribution in [0.4, 0.5) is 4.39 Å². The van der Waals surface area contributed by atoms with Crippen molar-refractivity contribution in [3.05, 3.63) is 34.1 Å². The second-order valence-corrected chi connectivity index (χ2v) is 5.48. The summed E-state index contributed by atoms with van der Waals surface area (Å²) in [4.78, 5) is 12.1. The number of hydrogen-bond donors (Lipinski definition) is 0. The Morgan fingerprint density at radius 1 is 1.29 bits per heavy atom. The van der Waals surface area contributed by atoms with Crippen LogP contribution in [0.3, 0.4) is 0 Å². The number of carbonyl (C=O) groups excluding carboxylic acids is 1. The summed E-state index contributed by atoms with van der Waals surface area (Å²) >= 11 is 3.21. The number of benzene rings is 1. The van der Waals surface area contributed by atoms with Crippen molar-refractivity contribution in [1.29, 1.82) is 0 Å². The summed E-state index contributed by atoms with van der Waals surface area (Å²) in [6, 6.07) is 4.87. The van der Waals surface area contributed by atoms with E-state index < -0.39 is 0 Å². The normalized spacial score (nSPS) is 17.1. The van der Waals surface area contributed by atoms with E-state index in [1.54, 1.807) is 6.07 Å². The molecule has 0 heterocycles. The Kier molecular flexibility index (Phi) is 4.32. The molecule has 1 nitrogen and oxygen atoms in total. The number of halogens is 2. The lowest BCUT2D eigenvalue weighted by atomic mass is 9.84. The van der Waals surface area contributed by atoms with Crippen molar-refractivity contribution in [2.75, 3.05) is 0 Å². The maximum atomic E-state index is 13.3. The summed E-state index contributed by atoms with van der Waals surface area (Å²) in [5.41, 5.74) is 0.764. The standard InChI is InChI=1S/C14H16BrFO/c15-14-11(7-4-8-12(14)16)9-13(17)10-5-2-1-3-6-10/h4,7-8,10H,1-3,5-6,9H2. The lowest BCUT2D eigenvalue weighted by molar-refractivity contribution is -0.123. The summed E-state index contributed by atoms with van der Waals surface area (Å²) in [6.45, 7) is 0. The fourth-order valence-electron chi connectivity index (χ4n) is 2.44. The molecule has 92 valence electrons. The highest BCUT2D eigenvalue weighted by Gasteiger charge is 2.21. The molecular weight excluding hydrogens is 283 g/mol. The zero-order valence-electron chi connectivity index (χ0n) is 9.72.